The Labute approximate surface area is 127 Å². The van der Waals surface area contributed by atoms with E-state index in [9.17, 15) is 9.90 Å². The number of pyridine rings is 1. The highest BCUT2D eigenvalue weighted by Gasteiger charge is 2.12. The Morgan fingerprint density at radius 1 is 1.23 bits per heavy atom. The van der Waals surface area contributed by atoms with Crippen molar-refractivity contribution in [3.05, 3.63) is 70.0 Å². The lowest BCUT2D eigenvalue weighted by molar-refractivity contribution is 0.393. The molecule has 0 atom stereocenters. The van der Waals surface area contributed by atoms with E-state index in [0.717, 1.165) is 28.1 Å². The summed E-state index contributed by atoms with van der Waals surface area (Å²) in [7, 11) is 0. The molecular weight excluding hydrogens is 280 g/mol. The maximum absolute atomic E-state index is 12.1. The monoisotopic (exact) mass is 296 g/mol. The molecule has 5 heteroatoms. The number of aryl methyl sites for hydroxylation is 2. The van der Waals surface area contributed by atoms with E-state index in [1.54, 1.807) is 35.0 Å². The van der Waals surface area contributed by atoms with Crippen LogP contribution in [0.1, 0.15) is 17.0 Å². The lowest BCUT2D eigenvalue weighted by Crippen LogP contribution is -2.19. The second-order valence-electron chi connectivity index (χ2n) is 5.25. The quantitative estimate of drug-likeness (QED) is 0.807. The Bertz CT molecular complexity index is 858. The summed E-state index contributed by atoms with van der Waals surface area (Å²) >= 11 is 0. The zero-order chi connectivity index (χ0) is 15.7. The Balaban J connectivity index is 2.02. The van der Waals surface area contributed by atoms with Crippen LogP contribution in [0, 0.1) is 13.8 Å². The van der Waals surface area contributed by atoms with Crippen molar-refractivity contribution < 1.29 is 9.63 Å². The third-order valence-corrected chi connectivity index (χ3v) is 3.57. The minimum Gasteiger partial charge on any atom is -0.508 e. The Morgan fingerprint density at radius 3 is 2.73 bits per heavy atom. The largest absolute Gasteiger partial charge is 0.508 e. The van der Waals surface area contributed by atoms with Crippen LogP contribution in [-0.2, 0) is 6.54 Å². The fourth-order valence-corrected chi connectivity index (χ4v) is 2.55. The fourth-order valence-electron chi connectivity index (χ4n) is 2.55. The summed E-state index contributed by atoms with van der Waals surface area (Å²) in [6.45, 7) is 4.11. The average Bonchev–Trinajstić information content (AvgIpc) is 2.81. The molecule has 0 spiro atoms. The van der Waals surface area contributed by atoms with Gasteiger partial charge in [-0.1, -0.05) is 17.3 Å². The second-order valence-corrected chi connectivity index (χ2v) is 5.25. The van der Waals surface area contributed by atoms with Gasteiger partial charge < -0.3 is 14.2 Å². The van der Waals surface area contributed by atoms with Gasteiger partial charge in [-0.2, -0.15) is 0 Å². The van der Waals surface area contributed by atoms with Crippen molar-refractivity contribution in [1.82, 2.24) is 9.72 Å². The predicted octanol–water partition coefficient (Wildman–Crippen LogP) is 2.87. The van der Waals surface area contributed by atoms with Crippen molar-refractivity contribution in [2.45, 2.75) is 20.4 Å². The molecule has 0 saturated carbocycles. The molecule has 0 fully saturated rings. The van der Waals surface area contributed by atoms with Crippen LogP contribution in [0.5, 0.6) is 5.75 Å². The van der Waals surface area contributed by atoms with Gasteiger partial charge in [0.05, 0.1) is 12.2 Å². The summed E-state index contributed by atoms with van der Waals surface area (Å²) in [6, 6.07) is 10.2. The van der Waals surface area contributed by atoms with Crippen LogP contribution < -0.4 is 5.56 Å². The van der Waals surface area contributed by atoms with Crippen molar-refractivity contribution in [1.29, 1.82) is 0 Å². The number of phenolic OH excluding ortho intramolecular Hbond substituents is 1. The van der Waals surface area contributed by atoms with E-state index >= 15 is 0 Å². The van der Waals surface area contributed by atoms with E-state index in [-0.39, 0.29) is 11.3 Å². The zero-order valence-electron chi connectivity index (χ0n) is 12.4. The molecule has 22 heavy (non-hydrogen) atoms. The van der Waals surface area contributed by atoms with E-state index in [4.69, 9.17) is 4.52 Å². The summed E-state index contributed by atoms with van der Waals surface area (Å²) in [5.74, 6) is 0.910. The third-order valence-electron chi connectivity index (χ3n) is 3.57. The first-order valence-corrected chi connectivity index (χ1v) is 6.96. The van der Waals surface area contributed by atoms with E-state index in [1.807, 2.05) is 19.9 Å². The second kappa shape index (κ2) is 5.52. The molecule has 1 N–H and O–H groups in total. The third kappa shape index (κ3) is 2.65. The molecule has 0 radical (unpaired) electrons. The minimum absolute atomic E-state index is 0.0983. The highest BCUT2D eigenvalue weighted by Crippen LogP contribution is 2.25. The normalized spacial score (nSPS) is 10.8. The molecule has 3 rings (SSSR count). The summed E-state index contributed by atoms with van der Waals surface area (Å²) in [6.07, 6.45) is 1.79. The van der Waals surface area contributed by atoms with Gasteiger partial charge in [0, 0.05) is 23.4 Å². The molecule has 0 saturated heterocycles. The number of phenols is 1. The lowest BCUT2D eigenvalue weighted by atomic mass is 10.1. The van der Waals surface area contributed by atoms with Gasteiger partial charge in [0.25, 0.3) is 5.56 Å². The highest BCUT2D eigenvalue weighted by molar-refractivity contribution is 5.66. The first-order valence-electron chi connectivity index (χ1n) is 6.96. The van der Waals surface area contributed by atoms with Gasteiger partial charge in [-0.05, 0) is 37.6 Å². The first-order chi connectivity index (χ1) is 10.5. The van der Waals surface area contributed by atoms with Gasteiger partial charge in [0.2, 0.25) is 0 Å². The van der Waals surface area contributed by atoms with Crippen LogP contribution in [0.15, 0.2) is 51.9 Å². The number of aromatic nitrogens is 2. The molecule has 0 aliphatic carbocycles. The number of hydrogen-bond acceptors (Lipinski definition) is 4. The molecule has 0 bridgehead atoms. The molecule has 0 aliphatic rings. The first kappa shape index (κ1) is 14.1. The van der Waals surface area contributed by atoms with E-state index in [1.165, 1.54) is 6.07 Å². The van der Waals surface area contributed by atoms with Crippen molar-refractivity contribution in [3.63, 3.8) is 0 Å². The van der Waals surface area contributed by atoms with Crippen LogP contribution in [-0.4, -0.2) is 14.8 Å². The van der Waals surface area contributed by atoms with Crippen molar-refractivity contribution in [2.24, 2.45) is 0 Å². The van der Waals surface area contributed by atoms with E-state index in [2.05, 4.69) is 5.16 Å². The fraction of sp³-hybridized carbons (Fsp3) is 0.176. The Kier molecular flexibility index (Phi) is 3.55. The molecule has 2 heterocycles. The molecule has 1 aromatic carbocycles. The van der Waals surface area contributed by atoms with Gasteiger partial charge >= 0.3 is 0 Å². The standard InChI is InChI=1S/C17H16N2O3/c1-11-17(12(2)22-18-11)14-6-7-16(21)19(10-14)9-13-4-3-5-15(20)8-13/h3-8,10,20H,9H2,1-2H3. The predicted molar refractivity (Wildman–Crippen MR) is 82.9 cm³/mol. The van der Waals surface area contributed by atoms with Gasteiger partial charge in [0.15, 0.2) is 0 Å². The number of nitrogens with zero attached hydrogens (tertiary/aromatic N) is 2. The molecule has 3 aromatic rings. The van der Waals surface area contributed by atoms with Gasteiger partial charge in [0.1, 0.15) is 11.5 Å². The SMILES string of the molecule is Cc1noc(C)c1-c1ccc(=O)n(Cc2cccc(O)c2)c1. The van der Waals surface area contributed by atoms with Crippen molar-refractivity contribution in [2.75, 3.05) is 0 Å². The van der Waals surface area contributed by atoms with Crippen molar-refractivity contribution >= 4 is 0 Å². The molecular formula is C17H16N2O3. The topological polar surface area (TPSA) is 68.3 Å². The summed E-state index contributed by atoms with van der Waals surface area (Å²) in [5.41, 5.74) is 3.34. The van der Waals surface area contributed by atoms with Crippen LogP contribution in [0.25, 0.3) is 11.1 Å². The number of benzene rings is 1. The lowest BCUT2D eigenvalue weighted by Gasteiger charge is -2.09. The maximum atomic E-state index is 12.1. The van der Waals surface area contributed by atoms with Crippen LogP contribution in [0.4, 0.5) is 0 Å². The molecule has 5 nitrogen and oxygen atoms in total. The zero-order valence-corrected chi connectivity index (χ0v) is 12.4. The molecule has 112 valence electrons. The molecule has 0 aliphatic heterocycles. The van der Waals surface area contributed by atoms with Crippen LogP contribution in [0.2, 0.25) is 0 Å². The van der Waals surface area contributed by atoms with E-state index < -0.39 is 0 Å². The molecule has 0 amide bonds. The van der Waals surface area contributed by atoms with Crippen molar-refractivity contribution in [3.8, 4) is 16.9 Å². The highest BCUT2D eigenvalue weighted by atomic mass is 16.5. The average molecular weight is 296 g/mol. The maximum Gasteiger partial charge on any atom is 0.250 e. The minimum atomic E-state index is -0.0983. The van der Waals surface area contributed by atoms with Crippen LogP contribution >= 0.6 is 0 Å². The number of aromatic hydroxyl groups is 1. The summed E-state index contributed by atoms with van der Waals surface area (Å²) in [5, 5.41) is 13.5. The number of rotatable bonds is 3. The summed E-state index contributed by atoms with van der Waals surface area (Å²) in [4.78, 5) is 12.1. The summed E-state index contributed by atoms with van der Waals surface area (Å²) < 4.78 is 6.79. The van der Waals surface area contributed by atoms with Crippen LogP contribution in [0.3, 0.4) is 0 Å². The smallest absolute Gasteiger partial charge is 0.250 e. The molecule has 0 unspecified atom stereocenters. The van der Waals surface area contributed by atoms with Gasteiger partial charge in [-0.25, -0.2) is 0 Å². The van der Waals surface area contributed by atoms with E-state index in [0.29, 0.717) is 6.54 Å². The number of hydrogen-bond donors (Lipinski definition) is 1. The van der Waals surface area contributed by atoms with Gasteiger partial charge in [-0.3, -0.25) is 4.79 Å². The Morgan fingerprint density at radius 2 is 2.05 bits per heavy atom. The molecule has 2 aromatic heterocycles. The Hall–Kier alpha value is -2.82. The van der Waals surface area contributed by atoms with Gasteiger partial charge in [-0.15, -0.1) is 0 Å².